The lowest BCUT2D eigenvalue weighted by Crippen LogP contribution is -2.44. The van der Waals surface area contributed by atoms with Crippen LogP contribution in [0.2, 0.25) is 0 Å². The molecule has 0 unspecified atom stereocenters. The second-order valence-corrected chi connectivity index (χ2v) is 6.28. The summed E-state index contributed by atoms with van der Waals surface area (Å²) in [4.78, 5) is 25.8. The zero-order chi connectivity index (χ0) is 14.3. The molecule has 1 aliphatic rings. The lowest BCUT2D eigenvalue weighted by Gasteiger charge is -2.36. The second-order valence-electron chi connectivity index (χ2n) is 5.71. The topological polar surface area (TPSA) is 37.4 Å². The van der Waals surface area contributed by atoms with Crippen molar-refractivity contribution in [3.63, 3.8) is 0 Å². The van der Waals surface area contributed by atoms with Crippen molar-refractivity contribution in [1.82, 2.24) is 4.90 Å². The van der Waals surface area contributed by atoms with Crippen LogP contribution in [-0.4, -0.2) is 28.6 Å². The highest BCUT2D eigenvalue weighted by Gasteiger charge is 2.34. The molecule has 1 saturated heterocycles. The summed E-state index contributed by atoms with van der Waals surface area (Å²) in [5.41, 5.74) is 0.0547. The van der Waals surface area contributed by atoms with E-state index in [0.717, 1.165) is 43.9 Å². The quantitative estimate of drug-likeness (QED) is 0.524. The number of carbonyl (C=O) groups excluding carboxylic acids is 2. The molecule has 0 N–H and O–H groups in total. The molecule has 0 bridgehead atoms. The first-order valence-electron chi connectivity index (χ1n) is 7.47. The van der Waals surface area contributed by atoms with E-state index >= 15 is 0 Å². The summed E-state index contributed by atoms with van der Waals surface area (Å²) in [7, 11) is 0. The van der Waals surface area contributed by atoms with Crippen LogP contribution in [0.4, 0.5) is 0 Å². The molecule has 0 atom stereocenters. The zero-order valence-corrected chi connectivity index (χ0v) is 13.8. The fourth-order valence-electron chi connectivity index (χ4n) is 2.99. The average Bonchev–Trinajstić information content (AvgIpc) is 2.54. The molecule has 1 fully saturated rings. The molecule has 4 heteroatoms. The predicted molar refractivity (Wildman–Crippen MR) is 81.2 cm³/mol. The van der Waals surface area contributed by atoms with E-state index in [2.05, 4.69) is 29.8 Å². The van der Waals surface area contributed by atoms with Gasteiger partial charge in [-0.05, 0) is 31.1 Å². The Labute approximate surface area is 125 Å². The number of hydrogen-bond acceptors (Lipinski definition) is 2. The van der Waals surface area contributed by atoms with Gasteiger partial charge in [-0.1, -0.05) is 42.6 Å². The SMILES string of the molecule is CCCC(CBr)(CCC)CN1C(=O)CCCCC1=O. The minimum atomic E-state index is 0.0278. The van der Waals surface area contributed by atoms with Gasteiger partial charge >= 0.3 is 0 Å². The summed E-state index contributed by atoms with van der Waals surface area (Å²) in [5.74, 6) is 0.0556. The Bertz CT molecular complexity index is 293. The van der Waals surface area contributed by atoms with Gasteiger partial charge in [0.25, 0.3) is 0 Å². The molecule has 0 spiro atoms. The molecular formula is C15H26BrNO2. The number of amides is 2. The fourth-order valence-corrected chi connectivity index (χ4v) is 3.73. The molecular weight excluding hydrogens is 306 g/mol. The van der Waals surface area contributed by atoms with Crippen LogP contribution in [0, 0.1) is 5.41 Å². The van der Waals surface area contributed by atoms with Crippen molar-refractivity contribution >= 4 is 27.7 Å². The van der Waals surface area contributed by atoms with E-state index < -0.39 is 0 Å². The van der Waals surface area contributed by atoms with E-state index in [-0.39, 0.29) is 17.2 Å². The van der Waals surface area contributed by atoms with Crippen LogP contribution in [0.5, 0.6) is 0 Å². The van der Waals surface area contributed by atoms with Crippen LogP contribution < -0.4 is 0 Å². The van der Waals surface area contributed by atoms with Gasteiger partial charge in [0, 0.05) is 24.7 Å². The monoisotopic (exact) mass is 331 g/mol. The molecule has 0 radical (unpaired) electrons. The highest BCUT2D eigenvalue weighted by Crippen LogP contribution is 2.34. The molecule has 0 aromatic carbocycles. The molecule has 0 aromatic rings. The van der Waals surface area contributed by atoms with E-state index in [4.69, 9.17) is 0 Å². The number of hydrogen-bond donors (Lipinski definition) is 0. The van der Waals surface area contributed by atoms with E-state index in [1.807, 2.05) is 0 Å². The maximum Gasteiger partial charge on any atom is 0.229 e. The van der Waals surface area contributed by atoms with Gasteiger partial charge in [-0.15, -0.1) is 0 Å². The summed E-state index contributed by atoms with van der Waals surface area (Å²) >= 11 is 3.61. The molecule has 3 nitrogen and oxygen atoms in total. The van der Waals surface area contributed by atoms with E-state index in [1.54, 1.807) is 4.90 Å². The third-order valence-corrected chi connectivity index (χ3v) is 5.16. The molecule has 1 rings (SSSR count). The number of carbonyl (C=O) groups is 2. The normalized spacial score (nSPS) is 17.7. The van der Waals surface area contributed by atoms with Gasteiger partial charge in [-0.3, -0.25) is 14.5 Å². The van der Waals surface area contributed by atoms with E-state index in [1.165, 1.54) is 0 Å². The average molecular weight is 332 g/mol. The maximum absolute atomic E-state index is 12.1. The molecule has 110 valence electrons. The Hall–Kier alpha value is -0.380. The molecule has 1 heterocycles. The van der Waals surface area contributed by atoms with Crippen LogP contribution >= 0.6 is 15.9 Å². The van der Waals surface area contributed by atoms with E-state index in [9.17, 15) is 9.59 Å². The van der Waals surface area contributed by atoms with Gasteiger partial charge in [-0.2, -0.15) is 0 Å². The number of halogens is 1. The Morgan fingerprint density at radius 3 is 1.89 bits per heavy atom. The van der Waals surface area contributed by atoms with Crippen molar-refractivity contribution in [2.45, 2.75) is 65.2 Å². The third-order valence-electron chi connectivity index (χ3n) is 3.97. The Morgan fingerprint density at radius 1 is 1.05 bits per heavy atom. The lowest BCUT2D eigenvalue weighted by atomic mass is 9.80. The minimum Gasteiger partial charge on any atom is -0.282 e. The van der Waals surface area contributed by atoms with E-state index in [0.29, 0.717) is 19.4 Å². The van der Waals surface area contributed by atoms with Gasteiger partial charge in [0.15, 0.2) is 0 Å². The van der Waals surface area contributed by atoms with Gasteiger partial charge < -0.3 is 0 Å². The van der Waals surface area contributed by atoms with Crippen LogP contribution in [-0.2, 0) is 9.59 Å². The summed E-state index contributed by atoms with van der Waals surface area (Å²) in [6.45, 7) is 4.93. The second kappa shape index (κ2) is 8.03. The zero-order valence-electron chi connectivity index (χ0n) is 12.2. The summed E-state index contributed by atoms with van der Waals surface area (Å²) in [5, 5.41) is 0.860. The Morgan fingerprint density at radius 2 is 1.53 bits per heavy atom. The number of nitrogens with zero attached hydrogens (tertiary/aromatic N) is 1. The summed E-state index contributed by atoms with van der Waals surface area (Å²) in [6.07, 6.45) is 7.05. The molecule has 2 amide bonds. The van der Waals surface area contributed by atoms with Crippen LogP contribution in [0.1, 0.15) is 65.2 Å². The number of alkyl halides is 1. The van der Waals surface area contributed by atoms with Crippen LogP contribution in [0.3, 0.4) is 0 Å². The standard InChI is InChI=1S/C15H26BrNO2/c1-3-9-15(11-16,10-4-2)12-17-13(18)7-5-6-8-14(17)19/h3-12H2,1-2H3. The molecule has 1 aliphatic heterocycles. The van der Waals surface area contributed by atoms with Gasteiger partial charge in [-0.25, -0.2) is 0 Å². The van der Waals surface area contributed by atoms with Crippen molar-refractivity contribution in [2.24, 2.45) is 5.41 Å². The van der Waals surface area contributed by atoms with Crippen LogP contribution in [0.25, 0.3) is 0 Å². The number of imide groups is 1. The molecule has 19 heavy (non-hydrogen) atoms. The maximum atomic E-state index is 12.1. The van der Waals surface area contributed by atoms with Crippen molar-refractivity contribution in [2.75, 3.05) is 11.9 Å². The largest absolute Gasteiger partial charge is 0.282 e. The highest BCUT2D eigenvalue weighted by atomic mass is 79.9. The van der Waals surface area contributed by atoms with Crippen molar-refractivity contribution in [3.8, 4) is 0 Å². The van der Waals surface area contributed by atoms with Gasteiger partial charge in [0.1, 0.15) is 0 Å². The first-order chi connectivity index (χ1) is 9.08. The summed E-state index contributed by atoms with van der Waals surface area (Å²) < 4.78 is 0. The van der Waals surface area contributed by atoms with Crippen LogP contribution in [0.15, 0.2) is 0 Å². The first-order valence-corrected chi connectivity index (χ1v) is 8.60. The Kier molecular flexibility index (Phi) is 7.05. The number of likely N-dealkylation sites (tertiary alicyclic amines) is 1. The fraction of sp³-hybridized carbons (Fsp3) is 0.867. The van der Waals surface area contributed by atoms with Crippen molar-refractivity contribution in [3.05, 3.63) is 0 Å². The van der Waals surface area contributed by atoms with Gasteiger partial charge in [0.05, 0.1) is 0 Å². The van der Waals surface area contributed by atoms with Crippen molar-refractivity contribution < 1.29 is 9.59 Å². The van der Waals surface area contributed by atoms with Gasteiger partial charge in [0.2, 0.25) is 11.8 Å². The Balaban J connectivity index is 2.85. The molecule has 0 aromatic heterocycles. The summed E-state index contributed by atoms with van der Waals surface area (Å²) in [6, 6.07) is 0. The molecule has 0 saturated carbocycles. The third kappa shape index (κ3) is 4.59. The number of rotatable bonds is 7. The minimum absolute atomic E-state index is 0.0278. The predicted octanol–water partition coefficient (Wildman–Crippen LogP) is 3.90. The smallest absolute Gasteiger partial charge is 0.229 e. The first kappa shape index (κ1) is 16.7. The van der Waals surface area contributed by atoms with Crippen molar-refractivity contribution in [1.29, 1.82) is 0 Å². The highest BCUT2D eigenvalue weighted by molar-refractivity contribution is 9.09. The molecule has 0 aliphatic carbocycles. The lowest BCUT2D eigenvalue weighted by molar-refractivity contribution is -0.145.